The molecule has 2 aliphatic carbocycles. The molecule has 0 spiro atoms. The van der Waals surface area contributed by atoms with Crippen LogP contribution in [0.15, 0.2) is 60.7 Å². The summed E-state index contributed by atoms with van der Waals surface area (Å²) in [6.07, 6.45) is 3.36. The molecule has 0 aliphatic heterocycles. The van der Waals surface area contributed by atoms with Gasteiger partial charge in [0.15, 0.2) is 0 Å². The normalized spacial score (nSPS) is 13.4. The van der Waals surface area contributed by atoms with Crippen LogP contribution in [0.1, 0.15) is 17.5 Å². The van der Waals surface area contributed by atoms with Crippen molar-refractivity contribution in [1.82, 2.24) is 4.98 Å². The number of nitrogens with zero attached hydrogens (tertiary/aromatic N) is 1. The molecular weight excluding hydrogens is 494 g/mol. The molecule has 0 saturated heterocycles. The molecule has 0 atom stereocenters. The van der Waals surface area contributed by atoms with E-state index in [-0.39, 0.29) is 20.1 Å². The van der Waals surface area contributed by atoms with E-state index in [0.717, 1.165) is 24.1 Å². The van der Waals surface area contributed by atoms with Crippen molar-refractivity contribution in [3.63, 3.8) is 0 Å². The van der Waals surface area contributed by atoms with Crippen molar-refractivity contribution in [3.8, 4) is 33.5 Å². The number of rotatable bonds is 0. The minimum Gasteiger partial charge on any atom is -0.296 e. The molecule has 0 saturated carbocycles. The summed E-state index contributed by atoms with van der Waals surface area (Å²) in [6, 6.07) is 25.2. The molecule has 1 heterocycles. The first-order valence-electron chi connectivity index (χ1n) is 8.97. The van der Waals surface area contributed by atoms with Gasteiger partial charge in [0.25, 0.3) is 0 Å². The Balaban J connectivity index is 0.00000150. The third kappa shape index (κ3) is 2.03. The van der Waals surface area contributed by atoms with E-state index in [1.54, 1.807) is 0 Å². The van der Waals surface area contributed by atoms with Crippen LogP contribution in [0.25, 0.3) is 44.4 Å². The minimum atomic E-state index is 0. The average Bonchev–Trinajstić information content (AvgIpc) is 2.89. The summed E-state index contributed by atoms with van der Waals surface area (Å²) >= 11 is 0. The van der Waals surface area contributed by atoms with E-state index in [1.165, 1.54) is 50.8 Å². The Morgan fingerprint density at radius 3 is 2.58 bits per heavy atom. The van der Waals surface area contributed by atoms with Crippen LogP contribution < -0.4 is 0 Å². The van der Waals surface area contributed by atoms with Crippen LogP contribution in [0.2, 0.25) is 0 Å². The Labute approximate surface area is 166 Å². The maximum atomic E-state index is 5.13. The van der Waals surface area contributed by atoms with E-state index in [9.17, 15) is 0 Å². The maximum Gasteiger partial charge on any atom is 0.0608 e. The number of benzene rings is 3. The second-order valence-corrected chi connectivity index (χ2v) is 6.98. The Kier molecular flexibility index (Phi) is 3.60. The number of aryl methyl sites for hydroxylation is 1. The molecule has 4 aromatic rings. The van der Waals surface area contributed by atoms with Gasteiger partial charge >= 0.3 is 0 Å². The number of fused-ring (bicyclic) bond motifs is 7. The molecule has 127 valence electrons. The zero-order chi connectivity index (χ0) is 16.4. The summed E-state index contributed by atoms with van der Waals surface area (Å²) in [5.74, 6) is 0. The van der Waals surface area contributed by atoms with Crippen molar-refractivity contribution < 1.29 is 20.1 Å². The predicted molar refractivity (Wildman–Crippen MR) is 102 cm³/mol. The molecule has 1 radical (unpaired) electrons. The molecule has 0 amide bonds. The van der Waals surface area contributed by atoms with Gasteiger partial charge in [-0.3, -0.25) is 4.98 Å². The summed E-state index contributed by atoms with van der Waals surface area (Å²) in [7, 11) is 0. The van der Waals surface area contributed by atoms with Gasteiger partial charge in [-0.05, 0) is 40.4 Å². The second-order valence-electron chi connectivity index (χ2n) is 6.98. The zero-order valence-electron chi connectivity index (χ0n) is 14.2. The average molecular weight is 511 g/mol. The Morgan fingerprint density at radius 1 is 0.808 bits per heavy atom. The molecule has 0 unspecified atom stereocenters. The summed E-state index contributed by atoms with van der Waals surface area (Å²) in [5, 5.41) is 1.34. The number of aromatic nitrogens is 1. The van der Waals surface area contributed by atoms with Gasteiger partial charge in [-0.2, -0.15) is 0 Å². The summed E-state index contributed by atoms with van der Waals surface area (Å²) in [5.41, 5.74) is 11.7. The van der Waals surface area contributed by atoms with Gasteiger partial charge in [-0.25, -0.2) is 0 Å². The van der Waals surface area contributed by atoms with E-state index in [1.807, 2.05) is 6.07 Å². The van der Waals surface area contributed by atoms with E-state index < -0.39 is 0 Å². The maximum absolute atomic E-state index is 5.13. The quantitative estimate of drug-likeness (QED) is 0.239. The van der Waals surface area contributed by atoms with Crippen LogP contribution in [0.3, 0.4) is 0 Å². The molecule has 26 heavy (non-hydrogen) atoms. The predicted octanol–water partition coefficient (Wildman–Crippen LogP) is 5.84. The molecule has 0 bridgehead atoms. The van der Waals surface area contributed by atoms with Crippen LogP contribution in [-0.4, -0.2) is 4.98 Å². The van der Waals surface area contributed by atoms with E-state index in [2.05, 4.69) is 60.7 Å². The third-order valence-corrected chi connectivity index (χ3v) is 5.65. The van der Waals surface area contributed by atoms with Crippen LogP contribution in [0, 0.1) is 6.07 Å². The molecule has 2 aliphatic rings. The smallest absolute Gasteiger partial charge is 0.0608 e. The second kappa shape index (κ2) is 5.87. The molecule has 6 rings (SSSR count). The van der Waals surface area contributed by atoms with Gasteiger partial charge in [0.2, 0.25) is 0 Å². The molecule has 3 aromatic carbocycles. The van der Waals surface area contributed by atoms with Crippen molar-refractivity contribution in [2.24, 2.45) is 0 Å². The fraction of sp³-hybridized carbons (Fsp3) is 0.125. The van der Waals surface area contributed by atoms with Crippen LogP contribution in [0.5, 0.6) is 0 Å². The van der Waals surface area contributed by atoms with E-state index >= 15 is 0 Å². The van der Waals surface area contributed by atoms with Crippen LogP contribution >= 0.6 is 0 Å². The van der Waals surface area contributed by atoms with Crippen molar-refractivity contribution in [2.75, 3.05) is 0 Å². The largest absolute Gasteiger partial charge is 0.296 e. The topological polar surface area (TPSA) is 12.9 Å². The van der Waals surface area contributed by atoms with Crippen molar-refractivity contribution in [1.29, 1.82) is 0 Å². The fourth-order valence-electron chi connectivity index (χ4n) is 4.62. The number of hydrogen-bond acceptors (Lipinski definition) is 1. The van der Waals surface area contributed by atoms with E-state index in [0.29, 0.717) is 0 Å². The van der Waals surface area contributed by atoms with Crippen molar-refractivity contribution in [2.45, 2.75) is 19.3 Å². The Hall–Kier alpha value is -2.28. The molecule has 0 N–H and O–H groups in total. The van der Waals surface area contributed by atoms with Crippen LogP contribution in [-0.2, 0) is 32.9 Å². The van der Waals surface area contributed by atoms with Gasteiger partial charge in [0.05, 0.1) is 5.52 Å². The molecule has 1 nitrogen and oxygen atoms in total. The zero-order valence-corrected chi connectivity index (χ0v) is 16.6. The summed E-state index contributed by atoms with van der Waals surface area (Å²) < 4.78 is 0. The van der Waals surface area contributed by atoms with Gasteiger partial charge < -0.3 is 0 Å². The fourth-order valence-corrected chi connectivity index (χ4v) is 4.62. The molecule has 1 aromatic heterocycles. The first-order valence-corrected chi connectivity index (χ1v) is 8.97. The van der Waals surface area contributed by atoms with Crippen molar-refractivity contribution >= 4 is 10.9 Å². The van der Waals surface area contributed by atoms with Gasteiger partial charge in [-0.15, -0.1) is 35.4 Å². The number of pyridine rings is 1. The summed E-state index contributed by atoms with van der Waals surface area (Å²) in [6.45, 7) is 0. The minimum absolute atomic E-state index is 0. The van der Waals surface area contributed by atoms with Gasteiger partial charge in [-0.1, -0.05) is 54.8 Å². The standard InChI is InChI=1S/C24H16N.Ir/c1-2-9-16-15(7-1)8-5-13-20-22-18-11-4-3-10-17(18)19-12-6-14-21(23(19)22)25-24(16)20;/h1-4,6-7,10-12,14H,5,8,13H2;/q-1;. The molecule has 2 heteroatoms. The third-order valence-electron chi connectivity index (χ3n) is 5.65. The monoisotopic (exact) mass is 511 g/mol. The Morgan fingerprint density at radius 2 is 1.65 bits per heavy atom. The van der Waals surface area contributed by atoms with Crippen LogP contribution in [0.4, 0.5) is 0 Å². The Bertz CT molecular complexity index is 1180. The SMILES string of the molecule is [Ir].[c-]1cccc2c1-c1nc3cccc4c3c(c1CCC2)-c1ccccc1-4. The molecule has 0 fully saturated rings. The number of hydrogen-bond donors (Lipinski definition) is 0. The first-order chi connectivity index (χ1) is 12.4. The summed E-state index contributed by atoms with van der Waals surface area (Å²) in [4.78, 5) is 5.13. The van der Waals surface area contributed by atoms with Gasteiger partial charge in [0, 0.05) is 25.5 Å². The van der Waals surface area contributed by atoms with Gasteiger partial charge in [0.1, 0.15) is 0 Å². The molecular formula is C24H16IrN-. The van der Waals surface area contributed by atoms with Crippen molar-refractivity contribution in [3.05, 3.63) is 77.9 Å². The first kappa shape index (κ1) is 15.9. The van der Waals surface area contributed by atoms with E-state index in [4.69, 9.17) is 4.98 Å².